The molecule has 0 heterocycles. The monoisotopic (exact) mass is 357 g/mol. The van der Waals surface area contributed by atoms with Gasteiger partial charge in [-0.05, 0) is 38.1 Å². The summed E-state index contributed by atoms with van der Waals surface area (Å²) in [6.45, 7) is 3.11. The number of anilines is 2. The molecule has 0 unspecified atom stereocenters. The van der Waals surface area contributed by atoms with Crippen molar-refractivity contribution in [2.75, 3.05) is 11.9 Å². The maximum absolute atomic E-state index is 12.0. The summed E-state index contributed by atoms with van der Waals surface area (Å²) in [4.78, 5) is 34.3. The van der Waals surface area contributed by atoms with Crippen molar-refractivity contribution in [2.24, 2.45) is 0 Å². The van der Waals surface area contributed by atoms with Crippen LogP contribution in [0.3, 0.4) is 0 Å². The van der Waals surface area contributed by atoms with Gasteiger partial charge in [-0.2, -0.15) is 0 Å². The first-order valence-corrected chi connectivity index (χ1v) is 7.94. The summed E-state index contributed by atoms with van der Waals surface area (Å²) in [7, 11) is 0. The van der Waals surface area contributed by atoms with Crippen LogP contribution in [0.5, 0.6) is 0 Å². The molecule has 0 aliphatic carbocycles. The fraction of sp³-hybridized carbons (Fsp3) is 0.222. The highest BCUT2D eigenvalue weighted by Crippen LogP contribution is 2.28. The summed E-state index contributed by atoms with van der Waals surface area (Å²) in [5, 5.41) is 16.8. The van der Waals surface area contributed by atoms with Gasteiger partial charge in [-0.25, -0.2) is 4.79 Å². The Morgan fingerprint density at radius 2 is 1.85 bits per heavy atom. The molecule has 0 fully saturated rings. The number of carbonyl (C=O) groups excluding carboxylic acids is 2. The molecule has 0 saturated carbocycles. The van der Waals surface area contributed by atoms with Crippen LogP contribution in [0.15, 0.2) is 48.5 Å². The van der Waals surface area contributed by atoms with Gasteiger partial charge in [0, 0.05) is 17.8 Å². The summed E-state index contributed by atoms with van der Waals surface area (Å²) in [6, 6.07) is 12.8. The summed E-state index contributed by atoms with van der Waals surface area (Å²) >= 11 is 0. The number of rotatable bonds is 7. The number of para-hydroxylation sites is 1. The van der Waals surface area contributed by atoms with Gasteiger partial charge in [0.25, 0.3) is 11.6 Å². The third-order valence-corrected chi connectivity index (χ3v) is 3.27. The van der Waals surface area contributed by atoms with Crippen LogP contribution in [0.2, 0.25) is 0 Å². The third kappa shape index (κ3) is 5.30. The van der Waals surface area contributed by atoms with Gasteiger partial charge in [-0.1, -0.05) is 18.2 Å². The number of ether oxygens (including phenoxy) is 1. The SMILES string of the molecule is CC(C)NC(=O)COC(=O)c1ccc(Nc2ccccc2)c([N+](=O)[O-])c1. The number of benzene rings is 2. The van der Waals surface area contributed by atoms with E-state index in [4.69, 9.17) is 4.74 Å². The molecule has 0 aromatic heterocycles. The number of carbonyl (C=O) groups is 2. The Hall–Kier alpha value is -3.42. The normalized spacial score (nSPS) is 10.3. The molecule has 2 aromatic rings. The first kappa shape index (κ1) is 18.9. The summed E-state index contributed by atoms with van der Waals surface area (Å²) < 4.78 is 4.89. The average molecular weight is 357 g/mol. The number of nitro groups is 1. The van der Waals surface area contributed by atoms with Crippen molar-refractivity contribution in [1.82, 2.24) is 5.32 Å². The maximum Gasteiger partial charge on any atom is 0.338 e. The van der Waals surface area contributed by atoms with Gasteiger partial charge in [0.2, 0.25) is 0 Å². The van der Waals surface area contributed by atoms with Crippen LogP contribution in [0, 0.1) is 10.1 Å². The zero-order chi connectivity index (χ0) is 19.1. The van der Waals surface area contributed by atoms with Crippen molar-refractivity contribution in [3.8, 4) is 0 Å². The second-order valence-electron chi connectivity index (χ2n) is 5.78. The lowest BCUT2D eigenvalue weighted by Gasteiger charge is -2.10. The van der Waals surface area contributed by atoms with E-state index >= 15 is 0 Å². The third-order valence-electron chi connectivity index (χ3n) is 3.27. The molecule has 0 aliphatic heterocycles. The van der Waals surface area contributed by atoms with E-state index < -0.39 is 23.4 Å². The van der Waals surface area contributed by atoms with Gasteiger partial charge in [0.15, 0.2) is 6.61 Å². The lowest BCUT2D eigenvalue weighted by Crippen LogP contribution is -2.33. The molecule has 8 heteroatoms. The number of hydrogen-bond acceptors (Lipinski definition) is 6. The zero-order valence-corrected chi connectivity index (χ0v) is 14.4. The van der Waals surface area contributed by atoms with Crippen LogP contribution in [-0.4, -0.2) is 29.4 Å². The molecule has 0 radical (unpaired) electrons. The van der Waals surface area contributed by atoms with Crippen LogP contribution in [-0.2, 0) is 9.53 Å². The number of amides is 1. The van der Waals surface area contributed by atoms with E-state index in [-0.39, 0.29) is 23.0 Å². The van der Waals surface area contributed by atoms with E-state index in [9.17, 15) is 19.7 Å². The molecule has 26 heavy (non-hydrogen) atoms. The quantitative estimate of drug-likeness (QED) is 0.448. The number of esters is 1. The highest BCUT2D eigenvalue weighted by atomic mass is 16.6. The largest absolute Gasteiger partial charge is 0.452 e. The maximum atomic E-state index is 12.0. The van der Waals surface area contributed by atoms with E-state index in [2.05, 4.69) is 10.6 Å². The molecule has 0 spiro atoms. The zero-order valence-electron chi connectivity index (χ0n) is 14.4. The van der Waals surface area contributed by atoms with E-state index in [1.807, 2.05) is 6.07 Å². The minimum absolute atomic E-state index is 0.00680. The number of nitro benzene ring substituents is 1. The Balaban J connectivity index is 2.13. The highest BCUT2D eigenvalue weighted by molar-refractivity contribution is 5.93. The summed E-state index contributed by atoms with van der Waals surface area (Å²) in [6.07, 6.45) is 0. The lowest BCUT2D eigenvalue weighted by molar-refractivity contribution is -0.383. The van der Waals surface area contributed by atoms with Crippen molar-refractivity contribution < 1.29 is 19.2 Å². The molecule has 2 rings (SSSR count). The Kier molecular flexibility index (Phi) is 6.26. The predicted octanol–water partition coefficient (Wildman–Crippen LogP) is 3.02. The molecule has 1 amide bonds. The van der Waals surface area contributed by atoms with Gasteiger partial charge in [-0.3, -0.25) is 14.9 Å². The van der Waals surface area contributed by atoms with Crippen molar-refractivity contribution in [3.05, 3.63) is 64.2 Å². The van der Waals surface area contributed by atoms with Crippen LogP contribution >= 0.6 is 0 Å². The predicted molar refractivity (Wildman–Crippen MR) is 96.4 cm³/mol. The Morgan fingerprint density at radius 3 is 2.46 bits per heavy atom. The minimum Gasteiger partial charge on any atom is -0.452 e. The molecule has 2 aromatic carbocycles. The lowest BCUT2D eigenvalue weighted by atomic mass is 10.1. The molecule has 0 saturated heterocycles. The van der Waals surface area contributed by atoms with Gasteiger partial charge in [0.1, 0.15) is 5.69 Å². The summed E-state index contributed by atoms with van der Waals surface area (Å²) in [5.41, 5.74) is 0.647. The van der Waals surface area contributed by atoms with Crippen molar-refractivity contribution in [2.45, 2.75) is 19.9 Å². The number of nitrogens with zero attached hydrogens (tertiary/aromatic N) is 1. The Morgan fingerprint density at radius 1 is 1.15 bits per heavy atom. The molecule has 0 aliphatic rings. The van der Waals surface area contributed by atoms with Crippen LogP contribution in [0.4, 0.5) is 17.1 Å². The standard InChI is InChI=1S/C18H19N3O5/c1-12(2)19-17(22)11-26-18(23)13-8-9-15(16(10-13)21(24)25)20-14-6-4-3-5-7-14/h3-10,12,20H,11H2,1-2H3,(H,19,22). The highest BCUT2D eigenvalue weighted by Gasteiger charge is 2.19. The first-order chi connectivity index (χ1) is 12.4. The van der Waals surface area contributed by atoms with Gasteiger partial charge >= 0.3 is 5.97 Å². The van der Waals surface area contributed by atoms with E-state index in [0.29, 0.717) is 5.69 Å². The summed E-state index contributed by atoms with van der Waals surface area (Å²) in [5.74, 6) is -1.25. The molecule has 136 valence electrons. The molecular formula is C18H19N3O5. The fourth-order valence-electron chi connectivity index (χ4n) is 2.17. The second-order valence-corrected chi connectivity index (χ2v) is 5.78. The van der Waals surface area contributed by atoms with Gasteiger partial charge in [0.05, 0.1) is 10.5 Å². The van der Waals surface area contributed by atoms with E-state index in [0.717, 1.165) is 6.07 Å². The second kappa shape index (κ2) is 8.61. The number of nitrogens with one attached hydrogen (secondary N) is 2. The van der Waals surface area contributed by atoms with Crippen LogP contribution < -0.4 is 10.6 Å². The Bertz CT molecular complexity index is 806. The fourth-order valence-corrected chi connectivity index (χ4v) is 2.17. The average Bonchev–Trinajstić information content (AvgIpc) is 2.60. The Labute approximate surface area is 150 Å². The van der Waals surface area contributed by atoms with E-state index in [1.165, 1.54) is 12.1 Å². The smallest absolute Gasteiger partial charge is 0.338 e. The topological polar surface area (TPSA) is 111 Å². The van der Waals surface area contributed by atoms with Crippen molar-refractivity contribution >= 4 is 28.9 Å². The van der Waals surface area contributed by atoms with Gasteiger partial charge in [-0.15, -0.1) is 0 Å². The van der Waals surface area contributed by atoms with Crippen LogP contribution in [0.1, 0.15) is 24.2 Å². The molecule has 0 atom stereocenters. The number of hydrogen-bond donors (Lipinski definition) is 2. The van der Waals surface area contributed by atoms with Gasteiger partial charge < -0.3 is 15.4 Å². The minimum atomic E-state index is -0.807. The van der Waals surface area contributed by atoms with Crippen molar-refractivity contribution in [3.63, 3.8) is 0 Å². The first-order valence-electron chi connectivity index (χ1n) is 7.94. The molecule has 2 N–H and O–H groups in total. The molecule has 0 bridgehead atoms. The molecular weight excluding hydrogens is 338 g/mol. The van der Waals surface area contributed by atoms with Crippen molar-refractivity contribution in [1.29, 1.82) is 0 Å². The van der Waals surface area contributed by atoms with E-state index in [1.54, 1.807) is 38.1 Å². The van der Waals surface area contributed by atoms with Crippen LogP contribution in [0.25, 0.3) is 0 Å². The molecule has 8 nitrogen and oxygen atoms in total.